The summed E-state index contributed by atoms with van der Waals surface area (Å²) in [6, 6.07) is 0. The van der Waals surface area contributed by atoms with E-state index in [9.17, 15) is 4.79 Å². The molecule has 0 aromatic rings. The Kier molecular flexibility index (Phi) is 11.9. The maximum absolute atomic E-state index is 13.5. The number of carbonyl (C=O) groups is 1. The van der Waals surface area contributed by atoms with Crippen molar-refractivity contribution in [2.45, 2.75) is 157 Å². The molecule has 0 heterocycles. The van der Waals surface area contributed by atoms with E-state index in [1.165, 1.54) is 103 Å². The molecule has 2 nitrogen and oxygen atoms in total. The van der Waals surface area contributed by atoms with Crippen LogP contribution >= 0.6 is 0 Å². The molecule has 0 bridgehead atoms. The van der Waals surface area contributed by atoms with Crippen LogP contribution in [0, 0.1) is 34.5 Å². The van der Waals surface area contributed by atoms with Gasteiger partial charge in [-0.25, -0.2) is 0 Å². The zero-order chi connectivity index (χ0) is 26.0. The number of esters is 1. The lowest BCUT2D eigenvalue weighted by Gasteiger charge is -2.58. The van der Waals surface area contributed by atoms with E-state index in [1.54, 1.807) is 5.57 Å². The van der Waals surface area contributed by atoms with Crippen LogP contribution in [0.2, 0.25) is 0 Å². The molecular weight excluding hydrogens is 440 g/mol. The fourth-order valence-electron chi connectivity index (χ4n) is 8.31. The van der Waals surface area contributed by atoms with Crippen LogP contribution in [0.25, 0.3) is 0 Å². The lowest BCUT2D eigenvalue weighted by molar-refractivity contribution is -0.170. The van der Waals surface area contributed by atoms with Crippen molar-refractivity contribution in [1.29, 1.82) is 0 Å². The van der Waals surface area contributed by atoms with E-state index in [1.807, 2.05) is 0 Å². The summed E-state index contributed by atoms with van der Waals surface area (Å²) in [5.41, 5.74) is 1.70. The average Bonchev–Trinajstić information content (AvgIpc) is 2.86. The van der Waals surface area contributed by atoms with Gasteiger partial charge in [-0.15, -0.1) is 0 Å². The van der Waals surface area contributed by atoms with Crippen molar-refractivity contribution in [3.63, 3.8) is 0 Å². The first-order valence-electron chi connectivity index (χ1n) is 16.2. The van der Waals surface area contributed by atoms with Gasteiger partial charge in [-0.05, 0) is 81.0 Å². The maximum Gasteiger partial charge on any atom is 0.312 e. The molecule has 0 radical (unpaired) electrons. The average molecular weight is 501 g/mol. The summed E-state index contributed by atoms with van der Waals surface area (Å²) in [5, 5.41) is 0. The first-order chi connectivity index (χ1) is 17.3. The van der Waals surface area contributed by atoms with Crippen molar-refractivity contribution in [3.05, 3.63) is 11.6 Å². The molecule has 208 valence electrons. The predicted molar refractivity (Wildman–Crippen MR) is 154 cm³/mol. The lowest BCUT2D eigenvalue weighted by atomic mass is 9.46. The minimum atomic E-state index is -0.305. The highest BCUT2D eigenvalue weighted by Gasteiger charge is 2.58. The summed E-state index contributed by atoms with van der Waals surface area (Å²) in [6.07, 6.45) is 27.2. The Bertz CT molecular complexity index is 693. The van der Waals surface area contributed by atoms with Gasteiger partial charge < -0.3 is 4.74 Å². The van der Waals surface area contributed by atoms with Crippen molar-refractivity contribution < 1.29 is 9.53 Å². The van der Waals surface area contributed by atoms with Gasteiger partial charge in [0.15, 0.2) is 0 Å². The molecule has 2 fully saturated rings. The zero-order valence-corrected chi connectivity index (χ0v) is 24.8. The van der Waals surface area contributed by atoms with Crippen LogP contribution in [0.3, 0.4) is 0 Å². The van der Waals surface area contributed by atoms with Crippen LogP contribution in [0.4, 0.5) is 0 Å². The predicted octanol–water partition coefficient (Wildman–Crippen LogP) is 10.4. The number of ether oxygens (including phenoxy) is 1. The van der Waals surface area contributed by atoms with Crippen molar-refractivity contribution in [2.75, 3.05) is 6.61 Å². The van der Waals surface area contributed by atoms with Crippen LogP contribution in [-0.4, -0.2) is 12.6 Å². The quantitative estimate of drug-likeness (QED) is 0.127. The molecule has 0 aromatic heterocycles. The fraction of sp³-hybridized carbons (Fsp3) is 0.912. The molecule has 0 spiro atoms. The maximum atomic E-state index is 13.5. The standard InChI is InChI=1S/C34H60O2/c1-6-7-8-9-10-11-12-13-14-15-16-17-25-36-32(35)34(5)24-18-23-33(4)30-21-19-28(27(2)3)26-29(30)20-22-31(33)34/h20,27-28,30-31H,6-19,21-26H2,1-5H3/t28?,30-,31?,33-,34+/m1/s1. The van der Waals surface area contributed by atoms with E-state index in [0.717, 1.165) is 31.1 Å². The second-order valence-electron chi connectivity index (χ2n) is 13.7. The molecule has 0 aromatic carbocycles. The summed E-state index contributed by atoms with van der Waals surface area (Å²) >= 11 is 0. The summed E-state index contributed by atoms with van der Waals surface area (Å²) in [6.45, 7) is 12.5. The highest BCUT2D eigenvalue weighted by atomic mass is 16.5. The molecule has 5 atom stereocenters. The lowest BCUT2D eigenvalue weighted by Crippen LogP contribution is -2.54. The SMILES string of the molecule is CCCCCCCCCCCCCCOC(=O)[C@@]1(C)CCC[C@@]2(C)C1CC=C1CC(C(C)C)CC[C@H]12. The van der Waals surface area contributed by atoms with Crippen LogP contribution in [0.1, 0.15) is 157 Å². The molecule has 0 aliphatic heterocycles. The van der Waals surface area contributed by atoms with Crippen molar-refractivity contribution in [2.24, 2.45) is 34.5 Å². The monoisotopic (exact) mass is 500 g/mol. The van der Waals surface area contributed by atoms with Crippen LogP contribution < -0.4 is 0 Å². The number of rotatable bonds is 15. The smallest absolute Gasteiger partial charge is 0.312 e. The van der Waals surface area contributed by atoms with Crippen LogP contribution in [0.5, 0.6) is 0 Å². The van der Waals surface area contributed by atoms with E-state index in [-0.39, 0.29) is 16.8 Å². The van der Waals surface area contributed by atoms with Gasteiger partial charge in [0.05, 0.1) is 12.0 Å². The molecule has 2 heteroatoms. The highest BCUT2D eigenvalue weighted by Crippen LogP contribution is 2.63. The molecule has 0 saturated heterocycles. The Balaban J connectivity index is 1.38. The molecule has 36 heavy (non-hydrogen) atoms. The van der Waals surface area contributed by atoms with E-state index >= 15 is 0 Å². The second-order valence-corrected chi connectivity index (χ2v) is 13.7. The molecule has 0 N–H and O–H groups in total. The van der Waals surface area contributed by atoms with E-state index in [2.05, 4.69) is 40.7 Å². The number of allylic oxidation sites excluding steroid dienone is 2. The fourth-order valence-corrected chi connectivity index (χ4v) is 8.31. The van der Waals surface area contributed by atoms with Crippen LogP contribution in [-0.2, 0) is 9.53 Å². The Labute approximate surface area is 224 Å². The third kappa shape index (κ3) is 7.41. The highest BCUT2D eigenvalue weighted by molar-refractivity contribution is 5.77. The zero-order valence-electron chi connectivity index (χ0n) is 24.8. The van der Waals surface area contributed by atoms with Gasteiger partial charge in [-0.2, -0.15) is 0 Å². The summed E-state index contributed by atoms with van der Waals surface area (Å²) in [7, 11) is 0. The van der Waals surface area contributed by atoms with Gasteiger partial charge >= 0.3 is 5.97 Å². The summed E-state index contributed by atoms with van der Waals surface area (Å²) in [4.78, 5) is 13.5. The van der Waals surface area contributed by atoms with Gasteiger partial charge in [-0.3, -0.25) is 4.79 Å². The Morgan fingerprint density at radius 1 is 0.917 bits per heavy atom. The number of fused-ring (bicyclic) bond motifs is 3. The van der Waals surface area contributed by atoms with E-state index < -0.39 is 0 Å². The largest absolute Gasteiger partial charge is 0.465 e. The van der Waals surface area contributed by atoms with Gasteiger partial charge in [-0.1, -0.05) is 116 Å². The van der Waals surface area contributed by atoms with Gasteiger partial charge in [0, 0.05) is 0 Å². The third-order valence-electron chi connectivity index (χ3n) is 10.8. The molecule has 0 amide bonds. The number of hydrogen-bond acceptors (Lipinski definition) is 2. The van der Waals surface area contributed by atoms with Crippen molar-refractivity contribution in [3.8, 4) is 0 Å². The molecule has 3 aliphatic carbocycles. The van der Waals surface area contributed by atoms with E-state index in [0.29, 0.717) is 18.4 Å². The van der Waals surface area contributed by atoms with Crippen LogP contribution in [0.15, 0.2) is 11.6 Å². The molecule has 2 unspecified atom stereocenters. The first-order valence-corrected chi connectivity index (χ1v) is 16.2. The Morgan fingerprint density at radius 3 is 2.14 bits per heavy atom. The van der Waals surface area contributed by atoms with E-state index in [4.69, 9.17) is 4.74 Å². The second kappa shape index (κ2) is 14.4. The van der Waals surface area contributed by atoms with Gasteiger partial charge in [0.2, 0.25) is 0 Å². The third-order valence-corrected chi connectivity index (χ3v) is 10.8. The number of carbonyl (C=O) groups excluding carboxylic acids is 1. The topological polar surface area (TPSA) is 26.3 Å². The molecule has 3 rings (SSSR count). The Morgan fingerprint density at radius 2 is 1.53 bits per heavy atom. The molecular formula is C34H60O2. The Hall–Kier alpha value is -0.790. The normalized spacial score (nSPS) is 32.1. The van der Waals surface area contributed by atoms with Gasteiger partial charge in [0.1, 0.15) is 0 Å². The van der Waals surface area contributed by atoms with Crippen molar-refractivity contribution >= 4 is 5.97 Å². The number of hydrogen-bond donors (Lipinski definition) is 0. The minimum Gasteiger partial charge on any atom is -0.465 e. The van der Waals surface area contributed by atoms with Crippen molar-refractivity contribution in [1.82, 2.24) is 0 Å². The first kappa shape index (κ1) is 29.8. The molecule has 3 aliphatic rings. The molecule has 2 saturated carbocycles. The van der Waals surface area contributed by atoms with Gasteiger partial charge in [0.25, 0.3) is 0 Å². The minimum absolute atomic E-state index is 0.106. The summed E-state index contributed by atoms with van der Waals surface area (Å²) < 4.78 is 6.00. The summed E-state index contributed by atoms with van der Waals surface area (Å²) in [5.74, 6) is 2.87. The number of unbranched alkanes of at least 4 members (excludes halogenated alkanes) is 11.